The summed E-state index contributed by atoms with van der Waals surface area (Å²) >= 11 is 0. The molecular formula is C20H25NO2. The summed E-state index contributed by atoms with van der Waals surface area (Å²) in [6, 6.07) is 17.8. The molecule has 0 spiro atoms. The Hall–Kier alpha value is -2.29. The molecule has 0 radical (unpaired) electrons. The normalized spacial score (nSPS) is 12.5. The molecule has 1 N–H and O–H groups in total. The van der Waals surface area contributed by atoms with Crippen molar-refractivity contribution in [3.63, 3.8) is 0 Å². The summed E-state index contributed by atoms with van der Waals surface area (Å²) in [7, 11) is 0. The minimum Gasteiger partial charge on any atom is -0.481 e. The molecule has 1 atom stereocenters. The van der Waals surface area contributed by atoms with Gasteiger partial charge in [-0.05, 0) is 35.6 Å². The minimum absolute atomic E-state index is 0.0537. The van der Waals surface area contributed by atoms with Crippen LogP contribution in [0.3, 0.4) is 0 Å². The molecule has 0 aliphatic carbocycles. The van der Waals surface area contributed by atoms with Gasteiger partial charge in [0.25, 0.3) is 5.91 Å². The Morgan fingerprint density at radius 2 is 1.78 bits per heavy atom. The van der Waals surface area contributed by atoms with E-state index in [4.69, 9.17) is 4.74 Å². The maximum atomic E-state index is 12.2. The third-order valence-electron chi connectivity index (χ3n) is 3.69. The van der Waals surface area contributed by atoms with Crippen LogP contribution >= 0.6 is 0 Å². The summed E-state index contributed by atoms with van der Waals surface area (Å²) < 4.78 is 5.79. The molecule has 0 saturated carbocycles. The number of benzene rings is 2. The van der Waals surface area contributed by atoms with E-state index in [1.54, 1.807) is 6.92 Å². The van der Waals surface area contributed by atoms with E-state index in [2.05, 4.69) is 32.2 Å². The highest BCUT2D eigenvalue weighted by Crippen LogP contribution is 2.26. The number of carbonyl (C=O) groups is 1. The molecule has 0 heterocycles. The maximum absolute atomic E-state index is 12.2. The van der Waals surface area contributed by atoms with E-state index < -0.39 is 6.10 Å². The van der Waals surface area contributed by atoms with Crippen LogP contribution in [0.5, 0.6) is 5.75 Å². The van der Waals surface area contributed by atoms with Crippen LogP contribution in [-0.4, -0.2) is 12.0 Å². The summed E-state index contributed by atoms with van der Waals surface area (Å²) in [5.41, 5.74) is 2.31. The first-order chi connectivity index (χ1) is 10.9. The fourth-order valence-corrected chi connectivity index (χ4v) is 2.22. The lowest BCUT2D eigenvalue weighted by atomic mass is 9.87. The number of hydrogen-bond acceptors (Lipinski definition) is 2. The highest BCUT2D eigenvalue weighted by atomic mass is 16.5. The number of carbonyl (C=O) groups excluding carboxylic acids is 1. The minimum atomic E-state index is -0.533. The van der Waals surface area contributed by atoms with Crippen LogP contribution in [0.4, 0.5) is 0 Å². The molecule has 122 valence electrons. The molecule has 0 aliphatic rings. The molecule has 0 aromatic heterocycles. The summed E-state index contributed by atoms with van der Waals surface area (Å²) in [4.78, 5) is 12.2. The number of ether oxygens (including phenoxy) is 1. The fourth-order valence-electron chi connectivity index (χ4n) is 2.22. The van der Waals surface area contributed by atoms with Gasteiger partial charge in [-0.1, -0.05) is 63.2 Å². The van der Waals surface area contributed by atoms with E-state index in [9.17, 15) is 4.79 Å². The van der Waals surface area contributed by atoms with Gasteiger partial charge in [-0.3, -0.25) is 4.79 Å². The van der Waals surface area contributed by atoms with Crippen LogP contribution in [-0.2, 0) is 16.8 Å². The second-order valence-corrected chi connectivity index (χ2v) is 6.74. The predicted octanol–water partition coefficient (Wildman–Crippen LogP) is 4.07. The van der Waals surface area contributed by atoms with Crippen molar-refractivity contribution in [1.29, 1.82) is 0 Å². The molecule has 1 unspecified atom stereocenters. The number of hydrogen-bond donors (Lipinski definition) is 1. The SMILES string of the molecule is CC(Oc1cccc(C(C)(C)C)c1)C(=O)NCc1ccccc1. The van der Waals surface area contributed by atoms with Crippen molar-refractivity contribution >= 4 is 5.91 Å². The molecule has 23 heavy (non-hydrogen) atoms. The first kappa shape index (κ1) is 17.1. The van der Waals surface area contributed by atoms with Gasteiger partial charge in [0.15, 0.2) is 6.10 Å². The Morgan fingerprint density at radius 3 is 2.43 bits per heavy atom. The van der Waals surface area contributed by atoms with Crippen molar-refractivity contribution in [1.82, 2.24) is 5.32 Å². The average molecular weight is 311 g/mol. The first-order valence-corrected chi connectivity index (χ1v) is 7.95. The van der Waals surface area contributed by atoms with Crippen LogP contribution in [0.1, 0.15) is 38.8 Å². The van der Waals surface area contributed by atoms with Gasteiger partial charge in [0.1, 0.15) is 5.75 Å². The van der Waals surface area contributed by atoms with Crippen molar-refractivity contribution in [2.75, 3.05) is 0 Å². The lowest BCUT2D eigenvalue weighted by Crippen LogP contribution is -2.35. The monoisotopic (exact) mass is 311 g/mol. The molecule has 0 fully saturated rings. The van der Waals surface area contributed by atoms with Crippen molar-refractivity contribution in [3.05, 3.63) is 65.7 Å². The smallest absolute Gasteiger partial charge is 0.261 e. The molecule has 0 bridgehead atoms. The topological polar surface area (TPSA) is 38.3 Å². The summed E-state index contributed by atoms with van der Waals surface area (Å²) in [5, 5.41) is 2.90. The highest BCUT2D eigenvalue weighted by Gasteiger charge is 2.17. The molecule has 0 aliphatic heterocycles. The number of nitrogens with one attached hydrogen (secondary N) is 1. The van der Waals surface area contributed by atoms with Gasteiger partial charge in [0, 0.05) is 6.54 Å². The lowest BCUT2D eigenvalue weighted by Gasteiger charge is -2.21. The third kappa shape index (κ3) is 5.13. The quantitative estimate of drug-likeness (QED) is 0.904. The van der Waals surface area contributed by atoms with Gasteiger partial charge in [-0.25, -0.2) is 0 Å². The Labute approximate surface area is 138 Å². The molecule has 2 aromatic rings. The molecule has 0 saturated heterocycles. The van der Waals surface area contributed by atoms with Gasteiger partial charge < -0.3 is 10.1 Å². The Kier molecular flexibility index (Phi) is 5.43. The lowest BCUT2D eigenvalue weighted by molar-refractivity contribution is -0.127. The van der Waals surface area contributed by atoms with E-state index >= 15 is 0 Å². The Morgan fingerprint density at radius 1 is 1.09 bits per heavy atom. The van der Waals surface area contributed by atoms with Gasteiger partial charge in [0.2, 0.25) is 0 Å². The Balaban J connectivity index is 1.93. The zero-order valence-electron chi connectivity index (χ0n) is 14.3. The molecule has 2 rings (SSSR count). The largest absolute Gasteiger partial charge is 0.481 e. The zero-order chi connectivity index (χ0) is 16.9. The molecule has 3 heteroatoms. The van der Waals surface area contributed by atoms with Crippen LogP contribution in [0.15, 0.2) is 54.6 Å². The van der Waals surface area contributed by atoms with Gasteiger partial charge in [-0.2, -0.15) is 0 Å². The second-order valence-electron chi connectivity index (χ2n) is 6.74. The van der Waals surface area contributed by atoms with Crippen LogP contribution in [0.2, 0.25) is 0 Å². The molecule has 1 amide bonds. The number of rotatable bonds is 5. The summed E-state index contributed by atoms with van der Waals surface area (Å²) in [6.07, 6.45) is -0.533. The van der Waals surface area contributed by atoms with Crippen LogP contribution in [0, 0.1) is 0 Å². The molecule has 3 nitrogen and oxygen atoms in total. The summed E-state index contributed by atoms with van der Waals surface area (Å²) in [6.45, 7) is 8.74. The highest BCUT2D eigenvalue weighted by molar-refractivity contribution is 5.80. The molecule has 2 aromatic carbocycles. The van der Waals surface area contributed by atoms with Gasteiger partial charge >= 0.3 is 0 Å². The van der Waals surface area contributed by atoms with Crippen LogP contribution in [0.25, 0.3) is 0 Å². The van der Waals surface area contributed by atoms with E-state index in [-0.39, 0.29) is 11.3 Å². The fraction of sp³-hybridized carbons (Fsp3) is 0.350. The van der Waals surface area contributed by atoms with E-state index in [0.29, 0.717) is 6.54 Å². The zero-order valence-corrected chi connectivity index (χ0v) is 14.3. The van der Waals surface area contributed by atoms with E-state index in [1.807, 2.05) is 48.5 Å². The standard InChI is InChI=1S/C20H25NO2/c1-15(19(22)21-14-16-9-6-5-7-10-16)23-18-12-8-11-17(13-18)20(2,3)4/h5-13,15H,14H2,1-4H3,(H,21,22). The van der Waals surface area contributed by atoms with Crippen LogP contribution < -0.4 is 10.1 Å². The van der Waals surface area contributed by atoms with Crippen molar-refractivity contribution < 1.29 is 9.53 Å². The van der Waals surface area contributed by atoms with Crippen molar-refractivity contribution in [3.8, 4) is 5.75 Å². The third-order valence-corrected chi connectivity index (χ3v) is 3.69. The maximum Gasteiger partial charge on any atom is 0.261 e. The average Bonchev–Trinajstić information content (AvgIpc) is 2.53. The first-order valence-electron chi connectivity index (χ1n) is 7.95. The van der Waals surface area contributed by atoms with Crippen molar-refractivity contribution in [2.45, 2.75) is 45.8 Å². The van der Waals surface area contributed by atoms with E-state index in [1.165, 1.54) is 5.56 Å². The van der Waals surface area contributed by atoms with E-state index in [0.717, 1.165) is 11.3 Å². The summed E-state index contributed by atoms with van der Waals surface area (Å²) in [5.74, 6) is 0.606. The van der Waals surface area contributed by atoms with Crippen molar-refractivity contribution in [2.24, 2.45) is 0 Å². The van der Waals surface area contributed by atoms with Gasteiger partial charge in [-0.15, -0.1) is 0 Å². The number of amides is 1. The predicted molar refractivity (Wildman–Crippen MR) is 93.5 cm³/mol. The molecular weight excluding hydrogens is 286 g/mol. The van der Waals surface area contributed by atoms with Gasteiger partial charge in [0.05, 0.1) is 0 Å². The Bertz CT molecular complexity index is 644. The second kappa shape index (κ2) is 7.32.